The zero-order valence-corrected chi connectivity index (χ0v) is 14.8. The number of carbonyl (C=O) groups is 1. The second-order valence-electron chi connectivity index (χ2n) is 5.40. The molecule has 3 rings (SSSR count). The molecule has 0 bridgehead atoms. The minimum atomic E-state index is -0.924. The number of benzene rings is 2. The molecule has 0 fully saturated rings. The van der Waals surface area contributed by atoms with Crippen molar-refractivity contribution >= 4 is 24.2 Å². The van der Waals surface area contributed by atoms with Gasteiger partial charge in [-0.15, -0.1) is 0 Å². The Morgan fingerprint density at radius 3 is 2.56 bits per heavy atom. The number of thiol groups is 1. The van der Waals surface area contributed by atoms with Crippen LogP contribution in [0.4, 0.5) is 14.5 Å². The fourth-order valence-electron chi connectivity index (χ4n) is 2.26. The molecule has 0 saturated heterocycles. The van der Waals surface area contributed by atoms with Gasteiger partial charge in [-0.2, -0.15) is 12.6 Å². The lowest BCUT2D eigenvalue weighted by Gasteiger charge is -2.07. The van der Waals surface area contributed by atoms with E-state index < -0.39 is 23.1 Å². The van der Waals surface area contributed by atoms with Crippen molar-refractivity contribution in [3.05, 3.63) is 89.0 Å². The summed E-state index contributed by atoms with van der Waals surface area (Å²) in [6.45, 7) is 0. The van der Waals surface area contributed by atoms with Gasteiger partial charge >= 0.3 is 0 Å². The van der Waals surface area contributed by atoms with Gasteiger partial charge in [0.05, 0.1) is 5.75 Å². The summed E-state index contributed by atoms with van der Waals surface area (Å²) in [7, 11) is 0. The first-order valence-corrected chi connectivity index (χ1v) is 8.50. The Labute approximate surface area is 160 Å². The molecule has 4 nitrogen and oxygen atoms in total. The third-order valence-corrected chi connectivity index (χ3v) is 3.77. The van der Waals surface area contributed by atoms with Crippen molar-refractivity contribution in [2.75, 3.05) is 5.32 Å². The smallest absolute Gasteiger partial charge is 0.261 e. The molecule has 3 aromatic rings. The fourth-order valence-corrected chi connectivity index (χ4v) is 2.42. The van der Waals surface area contributed by atoms with E-state index in [0.717, 1.165) is 12.1 Å². The molecule has 0 unspecified atom stereocenters. The first kappa shape index (κ1) is 18.5. The van der Waals surface area contributed by atoms with Crippen molar-refractivity contribution in [1.29, 1.82) is 0 Å². The fraction of sp³-hybridized carbons (Fsp3) is 0.0500. The minimum absolute atomic E-state index is 0.369. The number of rotatable bonds is 3. The van der Waals surface area contributed by atoms with Gasteiger partial charge in [-0.3, -0.25) is 4.79 Å². The standard InChI is InChI=1S/C20H13F2N3OS/c21-16-5-2-6-17(22)19(16)20(26)25-15-4-1-3-13(11-15)7-8-14-9-10-23-18(12-27)24-14/h1-6,9-11,27H,12H2,(H,25,26). The van der Waals surface area contributed by atoms with E-state index in [2.05, 4.69) is 39.8 Å². The second kappa shape index (κ2) is 8.43. The van der Waals surface area contributed by atoms with E-state index in [0.29, 0.717) is 28.5 Å². The monoisotopic (exact) mass is 381 g/mol. The first-order valence-electron chi connectivity index (χ1n) is 7.87. The number of anilines is 1. The van der Waals surface area contributed by atoms with Gasteiger partial charge < -0.3 is 5.32 Å². The molecule has 1 N–H and O–H groups in total. The van der Waals surface area contributed by atoms with E-state index in [1.165, 1.54) is 6.07 Å². The maximum Gasteiger partial charge on any atom is 0.261 e. The van der Waals surface area contributed by atoms with E-state index in [9.17, 15) is 13.6 Å². The third-order valence-electron chi connectivity index (χ3n) is 3.49. The van der Waals surface area contributed by atoms with Crippen LogP contribution in [0.3, 0.4) is 0 Å². The van der Waals surface area contributed by atoms with Crippen LogP contribution in [0.1, 0.15) is 27.4 Å². The Morgan fingerprint density at radius 1 is 1.07 bits per heavy atom. The summed E-state index contributed by atoms with van der Waals surface area (Å²) in [5, 5.41) is 2.47. The highest BCUT2D eigenvalue weighted by Crippen LogP contribution is 2.16. The van der Waals surface area contributed by atoms with Gasteiger partial charge in [0.1, 0.15) is 28.7 Å². The quantitative estimate of drug-likeness (QED) is 0.535. The molecule has 2 aromatic carbocycles. The molecule has 0 aliphatic carbocycles. The van der Waals surface area contributed by atoms with Gasteiger partial charge in [0.2, 0.25) is 0 Å². The molecule has 0 atom stereocenters. The summed E-state index contributed by atoms with van der Waals surface area (Å²) in [6, 6.07) is 11.6. The summed E-state index contributed by atoms with van der Waals surface area (Å²) in [6.07, 6.45) is 1.60. The Kier molecular flexibility index (Phi) is 5.79. The number of hydrogen-bond donors (Lipinski definition) is 2. The summed E-state index contributed by atoms with van der Waals surface area (Å²) >= 11 is 4.12. The highest BCUT2D eigenvalue weighted by molar-refractivity contribution is 7.79. The van der Waals surface area contributed by atoms with Crippen molar-refractivity contribution in [3.8, 4) is 11.8 Å². The number of hydrogen-bond acceptors (Lipinski definition) is 4. The van der Waals surface area contributed by atoms with E-state index in [4.69, 9.17) is 0 Å². The second-order valence-corrected chi connectivity index (χ2v) is 5.71. The zero-order chi connectivity index (χ0) is 19.2. The summed E-state index contributed by atoms with van der Waals surface area (Å²) in [5.74, 6) is 4.08. The molecular formula is C20H13F2N3OS. The minimum Gasteiger partial charge on any atom is -0.322 e. The van der Waals surface area contributed by atoms with Gasteiger partial charge in [0.15, 0.2) is 0 Å². The predicted molar refractivity (Wildman–Crippen MR) is 101 cm³/mol. The van der Waals surface area contributed by atoms with Crippen molar-refractivity contribution in [3.63, 3.8) is 0 Å². The Balaban J connectivity index is 1.80. The first-order chi connectivity index (χ1) is 13.1. The molecule has 1 heterocycles. The van der Waals surface area contributed by atoms with Crippen LogP contribution in [0.15, 0.2) is 54.7 Å². The number of carbonyl (C=O) groups excluding carboxylic acids is 1. The Morgan fingerprint density at radius 2 is 1.81 bits per heavy atom. The van der Waals surface area contributed by atoms with Crippen molar-refractivity contribution < 1.29 is 13.6 Å². The van der Waals surface area contributed by atoms with Gasteiger partial charge in [-0.05, 0) is 42.3 Å². The maximum absolute atomic E-state index is 13.7. The highest BCUT2D eigenvalue weighted by atomic mass is 32.1. The van der Waals surface area contributed by atoms with Gasteiger partial charge in [-0.25, -0.2) is 18.7 Å². The van der Waals surface area contributed by atoms with E-state index in [-0.39, 0.29) is 0 Å². The summed E-state index contributed by atoms with van der Waals surface area (Å²) in [4.78, 5) is 20.4. The molecule has 1 amide bonds. The van der Waals surface area contributed by atoms with Crippen molar-refractivity contribution in [2.45, 2.75) is 5.75 Å². The molecule has 27 heavy (non-hydrogen) atoms. The van der Waals surface area contributed by atoms with Crippen LogP contribution in [0, 0.1) is 23.5 Å². The average molecular weight is 381 g/mol. The maximum atomic E-state index is 13.7. The molecule has 7 heteroatoms. The summed E-state index contributed by atoms with van der Waals surface area (Å²) in [5.41, 5.74) is 0.882. The molecule has 0 saturated carbocycles. The van der Waals surface area contributed by atoms with Crippen molar-refractivity contribution in [1.82, 2.24) is 9.97 Å². The average Bonchev–Trinajstić information content (AvgIpc) is 2.67. The van der Waals surface area contributed by atoms with Crippen LogP contribution in [0.25, 0.3) is 0 Å². The molecule has 0 spiro atoms. The topological polar surface area (TPSA) is 54.9 Å². The molecule has 0 aliphatic rings. The van der Waals surface area contributed by atoms with Crippen LogP contribution >= 0.6 is 12.6 Å². The van der Waals surface area contributed by atoms with E-state index >= 15 is 0 Å². The van der Waals surface area contributed by atoms with Crippen LogP contribution in [-0.2, 0) is 5.75 Å². The molecule has 0 radical (unpaired) electrons. The molecule has 1 aromatic heterocycles. The highest BCUT2D eigenvalue weighted by Gasteiger charge is 2.17. The van der Waals surface area contributed by atoms with Crippen LogP contribution in [0.2, 0.25) is 0 Å². The number of nitrogens with zero attached hydrogens (tertiary/aromatic N) is 2. The predicted octanol–water partition coefficient (Wildman–Crippen LogP) is 3.84. The van der Waals surface area contributed by atoms with Crippen LogP contribution in [-0.4, -0.2) is 15.9 Å². The van der Waals surface area contributed by atoms with E-state index in [1.807, 2.05) is 0 Å². The lowest BCUT2D eigenvalue weighted by Crippen LogP contribution is -2.15. The summed E-state index contributed by atoms with van der Waals surface area (Å²) < 4.78 is 27.4. The largest absolute Gasteiger partial charge is 0.322 e. The Bertz CT molecular complexity index is 1040. The van der Waals surface area contributed by atoms with Crippen molar-refractivity contribution in [2.24, 2.45) is 0 Å². The molecular weight excluding hydrogens is 368 g/mol. The number of halogens is 2. The van der Waals surface area contributed by atoms with Gasteiger partial charge in [0, 0.05) is 17.4 Å². The lowest BCUT2D eigenvalue weighted by atomic mass is 10.1. The van der Waals surface area contributed by atoms with Gasteiger partial charge in [0.25, 0.3) is 5.91 Å². The SMILES string of the molecule is O=C(Nc1cccc(C#Cc2ccnc(CS)n2)c1)c1c(F)cccc1F. The van der Waals surface area contributed by atoms with Crippen LogP contribution < -0.4 is 5.32 Å². The molecule has 134 valence electrons. The van der Waals surface area contributed by atoms with Crippen LogP contribution in [0.5, 0.6) is 0 Å². The molecule has 0 aliphatic heterocycles. The van der Waals surface area contributed by atoms with Gasteiger partial charge in [-0.1, -0.05) is 18.1 Å². The normalized spacial score (nSPS) is 10.0. The zero-order valence-electron chi connectivity index (χ0n) is 13.9. The van der Waals surface area contributed by atoms with E-state index in [1.54, 1.807) is 36.5 Å². The Hall–Kier alpha value is -3.24. The third kappa shape index (κ3) is 4.68. The number of aromatic nitrogens is 2. The lowest BCUT2D eigenvalue weighted by molar-refractivity contribution is 0.101. The number of nitrogens with one attached hydrogen (secondary N) is 1. The number of amides is 1.